The number of carbonyl (C=O) groups excluding carboxylic acids is 1. The highest BCUT2D eigenvalue weighted by Crippen LogP contribution is 2.48. The van der Waals surface area contributed by atoms with Gasteiger partial charge in [0.15, 0.2) is 0 Å². The summed E-state index contributed by atoms with van der Waals surface area (Å²) in [5.74, 6) is -0.839. The minimum atomic E-state index is -0.957. The first-order chi connectivity index (χ1) is 10.6. The summed E-state index contributed by atoms with van der Waals surface area (Å²) in [6, 6.07) is 6.54. The highest BCUT2D eigenvalue weighted by molar-refractivity contribution is 5.87. The lowest BCUT2D eigenvalue weighted by Gasteiger charge is -2.33. The van der Waals surface area contributed by atoms with Gasteiger partial charge >= 0.3 is 5.97 Å². The number of fused-ring (bicyclic) bond motifs is 1. The minimum Gasteiger partial charge on any atom is -0.457 e. The molecule has 1 fully saturated rings. The predicted molar refractivity (Wildman–Crippen MR) is 82.9 cm³/mol. The minimum absolute atomic E-state index is 0.165. The Balaban J connectivity index is 2.11. The fourth-order valence-electron chi connectivity index (χ4n) is 3.42. The Morgan fingerprint density at radius 2 is 1.95 bits per heavy atom. The number of nitrogens with zero attached hydrogens (tertiary/aromatic N) is 1. The van der Waals surface area contributed by atoms with Gasteiger partial charge in [0.2, 0.25) is 0 Å². The van der Waals surface area contributed by atoms with Crippen molar-refractivity contribution in [3.8, 4) is 0 Å². The molecular formula is C18H20FNO2. The van der Waals surface area contributed by atoms with Gasteiger partial charge in [-0.3, -0.25) is 4.79 Å². The number of hydrogen-bond donors (Lipinski definition) is 0. The van der Waals surface area contributed by atoms with Crippen LogP contribution in [-0.4, -0.2) is 37.6 Å². The van der Waals surface area contributed by atoms with Crippen molar-refractivity contribution >= 4 is 5.97 Å². The van der Waals surface area contributed by atoms with Crippen molar-refractivity contribution in [2.75, 3.05) is 20.6 Å². The largest absolute Gasteiger partial charge is 0.457 e. The van der Waals surface area contributed by atoms with Crippen LogP contribution in [0.1, 0.15) is 12.0 Å². The number of benzene rings is 1. The van der Waals surface area contributed by atoms with Crippen LogP contribution in [-0.2, 0) is 14.9 Å². The SMILES string of the molecule is CN(C)CCC1(c2ccccc2F)C(=O)OC2C=CC=CC21. The third-order valence-corrected chi connectivity index (χ3v) is 4.57. The van der Waals surface area contributed by atoms with Crippen molar-refractivity contribution in [3.63, 3.8) is 0 Å². The molecule has 1 aliphatic carbocycles. The molecule has 1 aliphatic heterocycles. The molecule has 1 saturated heterocycles. The Kier molecular flexibility index (Phi) is 3.87. The molecule has 3 rings (SSSR count). The fourth-order valence-corrected chi connectivity index (χ4v) is 3.42. The molecule has 0 spiro atoms. The molecule has 3 atom stereocenters. The normalized spacial score (nSPS) is 29.7. The molecule has 1 aromatic rings. The van der Waals surface area contributed by atoms with Gasteiger partial charge in [0.1, 0.15) is 17.3 Å². The summed E-state index contributed by atoms with van der Waals surface area (Å²) >= 11 is 0. The molecule has 1 heterocycles. The quantitative estimate of drug-likeness (QED) is 0.801. The second-order valence-electron chi connectivity index (χ2n) is 6.17. The van der Waals surface area contributed by atoms with Crippen molar-refractivity contribution < 1.29 is 13.9 Å². The fraction of sp³-hybridized carbons (Fsp3) is 0.389. The number of carbonyl (C=O) groups is 1. The van der Waals surface area contributed by atoms with E-state index in [1.807, 2.05) is 43.3 Å². The standard InChI is InChI=1S/C18H20FNO2/c1-20(2)12-11-18(13-7-3-5-9-15(13)19)14-8-4-6-10-16(14)22-17(18)21/h3-10,14,16H,11-12H2,1-2H3. The maximum Gasteiger partial charge on any atom is 0.318 e. The van der Waals surface area contributed by atoms with E-state index in [-0.39, 0.29) is 23.8 Å². The maximum absolute atomic E-state index is 14.5. The number of esters is 1. The number of allylic oxidation sites excluding steroid dienone is 2. The van der Waals surface area contributed by atoms with Gasteiger partial charge in [-0.15, -0.1) is 0 Å². The first-order valence-corrected chi connectivity index (χ1v) is 7.51. The Hall–Kier alpha value is -1.94. The molecule has 4 heteroatoms. The summed E-state index contributed by atoms with van der Waals surface area (Å²) in [4.78, 5) is 14.8. The molecule has 1 aromatic carbocycles. The molecule has 3 unspecified atom stereocenters. The molecule has 22 heavy (non-hydrogen) atoms. The molecular weight excluding hydrogens is 281 g/mol. The Bertz CT molecular complexity index is 638. The predicted octanol–water partition coefficient (Wildman–Crippen LogP) is 2.68. The van der Waals surface area contributed by atoms with Crippen molar-refractivity contribution in [1.29, 1.82) is 0 Å². The van der Waals surface area contributed by atoms with Crippen LogP contribution in [0.25, 0.3) is 0 Å². The summed E-state index contributed by atoms with van der Waals surface area (Å²) in [7, 11) is 3.90. The van der Waals surface area contributed by atoms with Crippen LogP contribution < -0.4 is 0 Å². The van der Waals surface area contributed by atoms with Crippen molar-refractivity contribution in [2.45, 2.75) is 17.9 Å². The van der Waals surface area contributed by atoms with Crippen LogP contribution in [0.3, 0.4) is 0 Å². The van der Waals surface area contributed by atoms with E-state index in [0.29, 0.717) is 18.5 Å². The van der Waals surface area contributed by atoms with Gasteiger partial charge in [0, 0.05) is 11.5 Å². The summed E-state index contributed by atoms with van der Waals surface area (Å²) in [6.07, 6.45) is 7.85. The molecule has 3 nitrogen and oxygen atoms in total. The first-order valence-electron chi connectivity index (χ1n) is 7.51. The van der Waals surface area contributed by atoms with Crippen LogP contribution >= 0.6 is 0 Å². The smallest absolute Gasteiger partial charge is 0.318 e. The van der Waals surface area contributed by atoms with Gasteiger partial charge < -0.3 is 9.64 Å². The highest BCUT2D eigenvalue weighted by Gasteiger charge is 2.57. The number of hydrogen-bond acceptors (Lipinski definition) is 3. The Morgan fingerprint density at radius 3 is 2.68 bits per heavy atom. The van der Waals surface area contributed by atoms with Crippen molar-refractivity contribution in [3.05, 3.63) is 60.0 Å². The number of ether oxygens (including phenoxy) is 1. The van der Waals surface area contributed by atoms with Gasteiger partial charge in [0.25, 0.3) is 0 Å². The molecule has 0 N–H and O–H groups in total. The van der Waals surface area contributed by atoms with Crippen molar-refractivity contribution in [1.82, 2.24) is 4.90 Å². The summed E-state index contributed by atoms with van der Waals surface area (Å²) < 4.78 is 20.0. The van der Waals surface area contributed by atoms with E-state index in [0.717, 1.165) is 0 Å². The van der Waals surface area contributed by atoms with Crippen molar-refractivity contribution in [2.24, 2.45) is 5.92 Å². The van der Waals surface area contributed by atoms with Gasteiger partial charge in [-0.25, -0.2) is 4.39 Å². The van der Waals surface area contributed by atoms with E-state index >= 15 is 0 Å². The van der Waals surface area contributed by atoms with E-state index < -0.39 is 5.41 Å². The first kappa shape index (κ1) is 15.0. The average molecular weight is 301 g/mol. The van der Waals surface area contributed by atoms with E-state index in [4.69, 9.17) is 4.74 Å². The second kappa shape index (κ2) is 5.69. The lowest BCUT2D eigenvalue weighted by Crippen LogP contribution is -2.42. The molecule has 0 saturated carbocycles. The Morgan fingerprint density at radius 1 is 1.23 bits per heavy atom. The highest BCUT2D eigenvalue weighted by atomic mass is 19.1. The van der Waals surface area contributed by atoms with E-state index in [1.54, 1.807) is 18.2 Å². The molecule has 0 bridgehead atoms. The van der Waals surface area contributed by atoms with Crippen LogP contribution in [0.15, 0.2) is 48.6 Å². The molecule has 2 aliphatic rings. The van der Waals surface area contributed by atoms with Crippen LogP contribution in [0, 0.1) is 11.7 Å². The monoisotopic (exact) mass is 301 g/mol. The lowest BCUT2D eigenvalue weighted by molar-refractivity contribution is -0.144. The van der Waals surface area contributed by atoms with Gasteiger partial charge in [0.05, 0.1) is 0 Å². The van der Waals surface area contributed by atoms with Gasteiger partial charge in [-0.2, -0.15) is 0 Å². The van der Waals surface area contributed by atoms with E-state index in [1.165, 1.54) is 6.07 Å². The number of halogens is 1. The maximum atomic E-state index is 14.5. The Labute approximate surface area is 130 Å². The van der Waals surface area contributed by atoms with Gasteiger partial charge in [-0.05, 0) is 39.2 Å². The van der Waals surface area contributed by atoms with E-state index in [9.17, 15) is 9.18 Å². The third-order valence-electron chi connectivity index (χ3n) is 4.57. The zero-order chi connectivity index (χ0) is 15.7. The molecule has 116 valence electrons. The van der Waals surface area contributed by atoms with Crippen LogP contribution in [0.5, 0.6) is 0 Å². The summed E-state index contributed by atoms with van der Waals surface area (Å²) in [5.41, 5.74) is -0.518. The molecule has 0 aromatic heterocycles. The topological polar surface area (TPSA) is 29.5 Å². The summed E-state index contributed by atoms with van der Waals surface area (Å²) in [6.45, 7) is 0.685. The zero-order valence-electron chi connectivity index (χ0n) is 12.8. The lowest BCUT2D eigenvalue weighted by atomic mass is 9.66. The zero-order valence-corrected chi connectivity index (χ0v) is 12.8. The second-order valence-corrected chi connectivity index (χ2v) is 6.17. The molecule has 0 amide bonds. The molecule has 0 radical (unpaired) electrons. The van der Waals surface area contributed by atoms with Gasteiger partial charge in [-0.1, -0.05) is 36.4 Å². The van der Waals surface area contributed by atoms with E-state index in [2.05, 4.69) is 0 Å². The third kappa shape index (κ3) is 2.28. The summed E-state index contributed by atoms with van der Waals surface area (Å²) in [5, 5.41) is 0. The van der Waals surface area contributed by atoms with Crippen LogP contribution in [0.4, 0.5) is 4.39 Å². The average Bonchev–Trinajstić information content (AvgIpc) is 2.78. The van der Waals surface area contributed by atoms with Crippen LogP contribution in [0.2, 0.25) is 0 Å². The number of rotatable bonds is 4.